The molecule has 138 valence electrons. The van der Waals surface area contributed by atoms with Crippen LogP contribution in [0.25, 0.3) is 0 Å². The molecule has 0 bridgehead atoms. The quantitative estimate of drug-likeness (QED) is 0.750. The molecule has 0 aliphatic carbocycles. The Labute approximate surface area is 157 Å². The second-order valence-corrected chi connectivity index (χ2v) is 6.71. The van der Waals surface area contributed by atoms with Crippen molar-refractivity contribution in [1.82, 2.24) is 19.5 Å². The Morgan fingerprint density at radius 2 is 1.93 bits per heavy atom. The molecule has 0 unspecified atom stereocenters. The fourth-order valence-corrected chi connectivity index (χ4v) is 3.55. The van der Waals surface area contributed by atoms with E-state index in [0.717, 1.165) is 49.8 Å². The molecule has 0 amide bonds. The van der Waals surface area contributed by atoms with Crippen molar-refractivity contribution in [2.75, 3.05) is 18.0 Å². The minimum absolute atomic E-state index is 0.213. The third-order valence-electron chi connectivity index (χ3n) is 4.99. The van der Waals surface area contributed by atoms with Gasteiger partial charge in [-0.2, -0.15) is 0 Å². The minimum atomic E-state index is -0.951. The van der Waals surface area contributed by atoms with Gasteiger partial charge in [0.2, 0.25) is 0 Å². The molecule has 0 aromatic carbocycles. The lowest BCUT2D eigenvalue weighted by Crippen LogP contribution is -2.34. The number of nitrogens with zero attached hydrogens (tertiary/aromatic N) is 5. The van der Waals surface area contributed by atoms with Crippen LogP contribution in [-0.2, 0) is 6.54 Å². The van der Waals surface area contributed by atoms with E-state index >= 15 is 0 Å². The molecule has 0 radical (unpaired) electrons. The van der Waals surface area contributed by atoms with Crippen LogP contribution in [0, 0.1) is 0 Å². The third kappa shape index (κ3) is 3.81. The van der Waals surface area contributed by atoms with E-state index in [-0.39, 0.29) is 5.56 Å². The van der Waals surface area contributed by atoms with E-state index in [4.69, 9.17) is 5.11 Å². The number of carboxylic acid groups (broad SMARTS) is 1. The van der Waals surface area contributed by atoms with Crippen LogP contribution < -0.4 is 4.90 Å². The summed E-state index contributed by atoms with van der Waals surface area (Å²) in [5, 5.41) is 8.99. The van der Waals surface area contributed by atoms with E-state index in [2.05, 4.69) is 24.4 Å². The predicted octanol–water partition coefficient (Wildman–Crippen LogP) is 2.80. The van der Waals surface area contributed by atoms with E-state index in [0.29, 0.717) is 5.92 Å². The van der Waals surface area contributed by atoms with Crippen LogP contribution in [0.15, 0.2) is 55.1 Å². The fraction of sp³-hybridized carbons (Fsp3) is 0.300. The van der Waals surface area contributed by atoms with Crippen molar-refractivity contribution in [2.45, 2.75) is 25.3 Å². The summed E-state index contributed by atoms with van der Waals surface area (Å²) in [5.74, 6) is 1.38. The van der Waals surface area contributed by atoms with Gasteiger partial charge in [0, 0.05) is 43.8 Å². The Balaban J connectivity index is 1.41. The molecule has 7 heteroatoms. The second-order valence-electron chi connectivity index (χ2n) is 6.71. The zero-order chi connectivity index (χ0) is 18.6. The molecule has 4 heterocycles. The highest BCUT2D eigenvalue weighted by Crippen LogP contribution is 2.29. The molecule has 1 aliphatic rings. The van der Waals surface area contributed by atoms with Crippen molar-refractivity contribution in [3.8, 4) is 0 Å². The van der Waals surface area contributed by atoms with Gasteiger partial charge in [-0.1, -0.05) is 6.07 Å². The zero-order valence-electron chi connectivity index (χ0n) is 14.9. The van der Waals surface area contributed by atoms with Gasteiger partial charge in [-0.05, 0) is 37.1 Å². The molecule has 1 saturated heterocycles. The number of hydrogen-bond acceptors (Lipinski definition) is 5. The molecule has 4 rings (SSSR count). The van der Waals surface area contributed by atoms with Crippen LogP contribution in [0.5, 0.6) is 0 Å². The van der Waals surface area contributed by atoms with Crippen molar-refractivity contribution >= 4 is 11.8 Å². The van der Waals surface area contributed by atoms with Gasteiger partial charge in [-0.3, -0.25) is 4.98 Å². The summed E-state index contributed by atoms with van der Waals surface area (Å²) in [5.41, 5.74) is 1.24. The van der Waals surface area contributed by atoms with Gasteiger partial charge < -0.3 is 14.6 Å². The number of carbonyl (C=O) groups is 1. The first-order chi connectivity index (χ1) is 13.2. The highest BCUT2D eigenvalue weighted by molar-refractivity contribution is 5.87. The smallest absolute Gasteiger partial charge is 0.337 e. The van der Waals surface area contributed by atoms with Gasteiger partial charge in [0.1, 0.15) is 11.6 Å². The SMILES string of the molecule is O=C(O)c1ccc(N2CCC(c3nccn3Cc3ccccn3)CC2)nc1. The molecule has 1 N–H and O–H groups in total. The highest BCUT2D eigenvalue weighted by atomic mass is 16.4. The molecule has 27 heavy (non-hydrogen) atoms. The molecule has 1 fully saturated rings. The van der Waals surface area contributed by atoms with Gasteiger partial charge >= 0.3 is 5.97 Å². The van der Waals surface area contributed by atoms with E-state index in [9.17, 15) is 4.79 Å². The molecule has 3 aromatic rings. The molecular formula is C20H21N5O2. The fourth-order valence-electron chi connectivity index (χ4n) is 3.55. The third-order valence-corrected chi connectivity index (χ3v) is 4.99. The molecule has 7 nitrogen and oxygen atoms in total. The minimum Gasteiger partial charge on any atom is -0.478 e. The van der Waals surface area contributed by atoms with Gasteiger partial charge in [-0.15, -0.1) is 0 Å². The van der Waals surface area contributed by atoms with E-state index in [1.165, 1.54) is 6.20 Å². The van der Waals surface area contributed by atoms with Crippen molar-refractivity contribution in [3.63, 3.8) is 0 Å². The number of pyridine rings is 2. The van der Waals surface area contributed by atoms with Gasteiger partial charge in [0.25, 0.3) is 0 Å². The molecule has 0 atom stereocenters. The number of anilines is 1. The molecular weight excluding hydrogens is 342 g/mol. The monoisotopic (exact) mass is 363 g/mol. The molecule has 0 saturated carbocycles. The molecule has 3 aromatic heterocycles. The van der Waals surface area contributed by atoms with Crippen LogP contribution in [0.3, 0.4) is 0 Å². The van der Waals surface area contributed by atoms with Crippen LogP contribution >= 0.6 is 0 Å². The largest absolute Gasteiger partial charge is 0.478 e. The summed E-state index contributed by atoms with van der Waals surface area (Å²) < 4.78 is 2.18. The summed E-state index contributed by atoms with van der Waals surface area (Å²) in [4.78, 5) is 26.5. The summed E-state index contributed by atoms with van der Waals surface area (Å²) in [6.07, 6.45) is 9.08. The van der Waals surface area contributed by atoms with Crippen LogP contribution in [-0.4, -0.2) is 43.7 Å². The number of carboxylic acids is 1. The van der Waals surface area contributed by atoms with E-state index < -0.39 is 5.97 Å². The van der Waals surface area contributed by atoms with Crippen molar-refractivity contribution in [3.05, 3.63) is 72.2 Å². The van der Waals surface area contributed by atoms with E-state index in [1.54, 1.807) is 12.1 Å². The Bertz CT molecular complexity index is 900. The number of aromatic nitrogens is 4. The Morgan fingerprint density at radius 1 is 1.07 bits per heavy atom. The standard InChI is InChI=1S/C20H21N5O2/c26-20(27)16-4-5-18(23-13-16)24-10-6-15(7-11-24)19-22-9-12-25(19)14-17-3-1-2-8-21-17/h1-5,8-9,12-13,15H,6-7,10-11,14H2,(H,26,27). The summed E-state index contributed by atoms with van der Waals surface area (Å²) in [6, 6.07) is 9.34. The number of aromatic carboxylic acids is 1. The van der Waals surface area contributed by atoms with E-state index in [1.807, 2.05) is 36.8 Å². The first-order valence-electron chi connectivity index (χ1n) is 9.06. The second kappa shape index (κ2) is 7.57. The molecule has 0 spiro atoms. The van der Waals surface area contributed by atoms with Crippen molar-refractivity contribution in [2.24, 2.45) is 0 Å². The summed E-state index contributed by atoms with van der Waals surface area (Å²) >= 11 is 0. The Kier molecular flexibility index (Phi) is 4.82. The van der Waals surface area contributed by atoms with Crippen LogP contribution in [0.2, 0.25) is 0 Å². The van der Waals surface area contributed by atoms with Crippen molar-refractivity contribution in [1.29, 1.82) is 0 Å². The summed E-state index contributed by atoms with van der Waals surface area (Å²) in [6.45, 7) is 2.48. The van der Waals surface area contributed by atoms with Crippen LogP contribution in [0.4, 0.5) is 5.82 Å². The lowest BCUT2D eigenvalue weighted by atomic mass is 9.96. The first kappa shape index (κ1) is 17.2. The average Bonchev–Trinajstić information content (AvgIpc) is 3.17. The average molecular weight is 363 g/mol. The zero-order valence-corrected chi connectivity index (χ0v) is 14.9. The number of hydrogen-bond donors (Lipinski definition) is 1. The molecule has 1 aliphatic heterocycles. The summed E-state index contributed by atoms with van der Waals surface area (Å²) in [7, 11) is 0. The first-order valence-corrected chi connectivity index (χ1v) is 9.06. The number of piperidine rings is 1. The Hall–Kier alpha value is -3.22. The predicted molar refractivity (Wildman–Crippen MR) is 101 cm³/mol. The van der Waals surface area contributed by atoms with Gasteiger partial charge in [0.15, 0.2) is 0 Å². The normalized spacial score (nSPS) is 15.0. The number of imidazole rings is 1. The maximum Gasteiger partial charge on any atom is 0.337 e. The van der Waals surface area contributed by atoms with Gasteiger partial charge in [0.05, 0.1) is 17.8 Å². The van der Waals surface area contributed by atoms with Crippen molar-refractivity contribution < 1.29 is 9.90 Å². The highest BCUT2D eigenvalue weighted by Gasteiger charge is 2.24. The van der Waals surface area contributed by atoms with Crippen LogP contribution in [0.1, 0.15) is 40.6 Å². The maximum atomic E-state index is 11.0. The van der Waals surface area contributed by atoms with Gasteiger partial charge in [-0.25, -0.2) is 14.8 Å². The topological polar surface area (TPSA) is 84.1 Å². The maximum absolute atomic E-state index is 11.0. The number of rotatable bonds is 5. The Morgan fingerprint density at radius 3 is 2.59 bits per heavy atom. The lowest BCUT2D eigenvalue weighted by molar-refractivity contribution is 0.0696. The lowest BCUT2D eigenvalue weighted by Gasteiger charge is -2.32.